The van der Waals surface area contributed by atoms with Crippen LogP contribution in [0.3, 0.4) is 0 Å². The fourth-order valence-corrected chi connectivity index (χ4v) is 5.88. The van der Waals surface area contributed by atoms with Crippen LogP contribution in [0.2, 0.25) is 15.1 Å². The van der Waals surface area contributed by atoms with Gasteiger partial charge in [0.05, 0.1) is 10.0 Å². The topological polar surface area (TPSA) is 63.4 Å². The van der Waals surface area contributed by atoms with Crippen molar-refractivity contribution in [3.63, 3.8) is 0 Å². The molecule has 1 aromatic carbocycles. The Labute approximate surface area is 152 Å². The van der Waals surface area contributed by atoms with E-state index in [4.69, 9.17) is 40.5 Å². The van der Waals surface area contributed by atoms with Crippen LogP contribution >= 0.6 is 47.2 Å². The molecule has 0 radical (unpaired) electrons. The number of nitrogens with two attached hydrogens (primary N) is 1. The van der Waals surface area contributed by atoms with Crippen molar-refractivity contribution in [2.75, 3.05) is 13.1 Å². The highest BCUT2D eigenvalue weighted by atomic mass is 35.5. The second kappa shape index (κ2) is 8.38. The van der Waals surface area contributed by atoms with Gasteiger partial charge in [-0.05, 0) is 37.9 Å². The number of hydrogen-bond acceptors (Lipinski definition) is 3. The van der Waals surface area contributed by atoms with Gasteiger partial charge in [0.15, 0.2) is 0 Å². The van der Waals surface area contributed by atoms with Gasteiger partial charge in [0.1, 0.15) is 4.90 Å². The van der Waals surface area contributed by atoms with E-state index in [1.165, 1.54) is 16.4 Å². The molecule has 0 spiro atoms. The molecule has 0 bridgehead atoms. The molecule has 22 heavy (non-hydrogen) atoms. The van der Waals surface area contributed by atoms with Gasteiger partial charge in [-0.3, -0.25) is 0 Å². The molecule has 0 amide bonds. The van der Waals surface area contributed by atoms with E-state index in [1.54, 1.807) is 0 Å². The molecule has 126 valence electrons. The van der Waals surface area contributed by atoms with Gasteiger partial charge in [0.25, 0.3) is 0 Å². The Kier molecular flexibility index (Phi) is 7.73. The molecule has 2 rings (SSSR count). The van der Waals surface area contributed by atoms with Gasteiger partial charge >= 0.3 is 0 Å². The highest BCUT2D eigenvalue weighted by molar-refractivity contribution is 7.89. The summed E-state index contributed by atoms with van der Waals surface area (Å²) >= 11 is 18.0. The largest absolute Gasteiger partial charge is 0.330 e. The van der Waals surface area contributed by atoms with Crippen molar-refractivity contribution in [3.8, 4) is 0 Å². The van der Waals surface area contributed by atoms with Crippen LogP contribution in [0.1, 0.15) is 25.7 Å². The monoisotopic (exact) mass is 406 g/mol. The number of hydrogen-bond donors (Lipinski definition) is 1. The Morgan fingerprint density at radius 1 is 1.18 bits per heavy atom. The number of halogens is 4. The number of benzene rings is 1. The van der Waals surface area contributed by atoms with Crippen molar-refractivity contribution in [3.05, 3.63) is 27.2 Å². The lowest BCUT2D eigenvalue weighted by Crippen LogP contribution is -2.44. The molecule has 2 N–H and O–H groups in total. The Morgan fingerprint density at radius 3 is 2.32 bits per heavy atom. The van der Waals surface area contributed by atoms with E-state index >= 15 is 0 Å². The summed E-state index contributed by atoms with van der Waals surface area (Å²) in [4.78, 5) is -0.0702. The zero-order chi connectivity index (χ0) is 15.6. The molecular formula is C13H18Cl4N2O2S. The molecule has 1 fully saturated rings. The van der Waals surface area contributed by atoms with E-state index in [1.807, 2.05) is 0 Å². The van der Waals surface area contributed by atoms with Gasteiger partial charge in [0, 0.05) is 17.6 Å². The van der Waals surface area contributed by atoms with E-state index in [2.05, 4.69) is 0 Å². The fraction of sp³-hybridized carbons (Fsp3) is 0.538. The predicted octanol–water partition coefficient (Wildman–Crippen LogP) is 3.96. The summed E-state index contributed by atoms with van der Waals surface area (Å²) in [7, 11) is -3.76. The van der Waals surface area contributed by atoms with Crippen molar-refractivity contribution in [1.29, 1.82) is 0 Å². The van der Waals surface area contributed by atoms with Crippen LogP contribution in [0.25, 0.3) is 0 Å². The van der Waals surface area contributed by atoms with Gasteiger partial charge in [-0.1, -0.05) is 41.2 Å². The van der Waals surface area contributed by atoms with Crippen molar-refractivity contribution < 1.29 is 8.42 Å². The molecular weight excluding hydrogens is 390 g/mol. The van der Waals surface area contributed by atoms with E-state index in [0.717, 1.165) is 19.3 Å². The summed E-state index contributed by atoms with van der Waals surface area (Å²) < 4.78 is 27.3. The average Bonchev–Trinajstić information content (AvgIpc) is 2.37. The van der Waals surface area contributed by atoms with E-state index < -0.39 is 10.0 Å². The Hall–Kier alpha value is 0.250. The van der Waals surface area contributed by atoms with Crippen LogP contribution in [0, 0.1) is 0 Å². The standard InChI is InChI=1S/C13H17Cl3N2O2S.ClH/c14-9-7-11(15)13(12(16)8-9)21(19,20)18-6-2-1-3-10(18)4-5-17;/h7-8,10H,1-6,17H2;1H. The van der Waals surface area contributed by atoms with Crippen LogP contribution < -0.4 is 5.73 Å². The molecule has 1 aliphatic heterocycles. The minimum Gasteiger partial charge on any atom is -0.330 e. The highest BCUT2D eigenvalue weighted by Crippen LogP contribution is 2.37. The third kappa shape index (κ3) is 4.20. The molecule has 9 heteroatoms. The summed E-state index contributed by atoms with van der Waals surface area (Å²) in [5.41, 5.74) is 5.59. The van der Waals surface area contributed by atoms with Crippen LogP contribution in [-0.2, 0) is 10.0 Å². The second-order valence-electron chi connectivity index (χ2n) is 5.04. The number of piperidine rings is 1. The Bertz CT molecular complexity index is 599. The quantitative estimate of drug-likeness (QED) is 0.821. The molecule has 1 saturated heterocycles. The molecule has 1 aromatic rings. The summed E-state index contributed by atoms with van der Waals surface area (Å²) in [6, 6.07) is 2.68. The lowest BCUT2D eigenvalue weighted by molar-refractivity contribution is 0.243. The maximum absolute atomic E-state index is 12.9. The summed E-state index contributed by atoms with van der Waals surface area (Å²) in [6.45, 7) is 0.904. The van der Waals surface area contributed by atoms with E-state index in [9.17, 15) is 8.42 Å². The SMILES string of the molecule is Cl.NCCC1CCCCN1S(=O)(=O)c1c(Cl)cc(Cl)cc1Cl. The minimum atomic E-state index is -3.76. The van der Waals surface area contributed by atoms with Gasteiger partial charge in [0.2, 0.25) is 10.0 Å². The zero-order valence-electron chi connectivity index (χ0n) is 11.8. The maximum atomic E-state index is 12.9. The van der Waals surface area contributed by atoms with Gasteiger partial charge in [-0.25, -0.2) is 8.42 Å². The van der Waals surface area contributed by atoms with Crippen molar-refractivity contribution in [2.45, 2.75) is 36.6 Å². The van der Waals surface area contributed by atoms with Crippen LogP contribution in [0.4, 0.5) is 0 Å². The molecule has 0 aromatic heterocycles. The molecule has 4 nitrogen and oxygen atoms in total. The number of sulfonamides is 1. The van der Waals surface area contributed by atoms with Gasteiger partial charge in [-0.2, -0.15) is 4.31 Å². The first-order valence-corrected chi connectivity index (χ1v) is 9.31. The lowest BCUT2D eigenvalue weighted by Gasteiger charge is -2.35. The zero-order valence-corrected chi connectivity index (χ0v) is 15.7. The summed E-state index contributed by atoms with van der Waals surface area (Å²) in [6.07, 6.45) is 3.25. The molecule has 1 aliphatic rings. The number of nitrogens with zero attached hydrogens (tertiary/aromatic N) is 1. The number of rotatable bonds is 4. The molecule has 1 unspecified atom stereocenters. The van der Waals surface area contributed by atoms with Crippen LogP contribution in [0.15, 0.2) is 17.0 Å². The smallest absolute Gasteiger partial charge is 0.246 e. The average molecular weight is 408 g/mol. The van der Waals surface area contributed by atoms with Gasteiger partial charge in [-0.15, -0.1) is 12.4 Å². The Morgan fingerprint density at radius 2 is 1.77 bits per heavy atom. The van der Waals surface area contributed by atoms with Crippen LogP contribution in [0.5, 0.6) is 0 Å². The molecule has 0 saturated carbocycles. The van der Waals surface area contributed by atoms with Crippen molar-refractivity contribution in [2.24, 2.45) is 5.73 Å². The first kappa shape index (κ1) is 20.3. The third-order valence-corrected chi connectivity index (χ3v) is 6.70. The second-order valence-corrected chi connectivity index (χ2v) is 8.12. The molecule has 0 aliphatic carbocycles. The molecule has 1 heterocycles. The van der Waals surface area contributed by atoms with E-state index in [0.29, 0.717) is 24.5 Å². The van der Waals surface area contributed by atoms with Crippen LogP contribution in [-0.4, -0.2) is 31.9 Å². The normalized spacial score (nSPS) is 19.7. The summed E-state index contributed by atoms with van der Waals surface area (Å²) in [5.74, 6) is 0. The van der Waals surface area contributed by atoms with Crippen molar-refractivity contribution in [1.82, 2.24) is 4.31 Å². The van der Waals surface area contributed by atoms with Gasteiger partial charge < -0.3 is 5.73 Å². The highest BCUT2D eigenvalue weighted by Gasteiger charge is 2.35. The minimum absolute atomic E-state index is 0. The lowest BCUT2D eigenvalue weighted by atomic mass is 10.0. The summed E-state index contributed by atoms with van der Waals surface area (Å²) in [5, 5.41) is 0.398. The predicted molar refractivity (Wildman–Crippen MR) is 93.9 cm³/mol. The van der Waals surface area contributed by atoms with E-state index in [-0.39, 0.29) is 33.4 Å². The first-order valence-electron chi connectivity index (χ1n) is 6.74. The van der Waals surface area contributed by atoms with Crippen molar-refractivity contribution >= 4 is 57.2 Å². The fourth-order valence-electron chi connectivity index (χ4n) is 2.66. The molecule has 1 atom stereocenters. The maximum Gasteiger partial charge on any atom is 0.246 e. The Balaban J connectivity index is 0.00000242. The first-order chi connectivity index (χ1) is 9.87. The third-order valence-electron chi connectivity index (χ3n) is 3.60.